The van der Waals surface area contributed by atoms with E-state index in [2.05, 4.69) is 34.2 Å². The molecule has 0 saturated carbocycles. The smallest absolute Gasteiger partial charge is 0.410 e. The van der Waals surface area contributed by atoms with E-state index in [1.807, 2.05) is 31.2 Å². The zero-order valence-corrected chi connectivity index (χ0v) is 19.1. The number of piperidine rings is 1. The van der Waals surface area contributed by atoms with E-state index in [0.29, 0.717) is 37.4 Å². The Kier molecular flexibility index (Phi) is 5.12. The molecule has 3 aliphatic rings. The number of aliphatic hydroxyl groups is 1. The van der Waals surface area contributed by atoms with Crippen molar-refractivity contribution in [2.45, 2.75) is 43.4 Å². The molecule has 0 spiro atoms. The van der Waals surface area contributed by atoms with Crippen LogP contribution in [-0.2, 0) is 15.1 Å². The Morgan fingerprint density at radius 2 is 1.59 bits per heavy atom. The van der Waals surface area contributed by atoms with Crippen LogP contribution in [0.1, 0.15) is 41.3 Å². The lowest BCUT2D eigenvalue weighted by Gasteiger charge is -2.50. The molecule has 2 saturated heterocycles. The molecular weight excluding hydrogens is 430 g/mol. The van der Waals surface area contributed by atoms with Crippen LogP contribution in [0.4, 0.5) is 4.79 Å². The number of aryl methyl sites for hydroxylation is 1. The summed E-state index contributed by atoms with van der Waals surface area (Å²) in [5, 5.41) is 11.4. The van der Waals surface area contributed by atoms with Gasteiger partial charge in [0.25, 0.3) is 0 Å². The molecule has 2 fully saturated rings. The van der Waals surface area contributed by atoms with Gasteiger partial charge in [0, 0.05) is 36.7 Å². The highest BCUT2D eigenvalue weighted by Crippen LogP contribution is 2.45. The van der Waals surface area contributed by atoms with Gasteiger partial charge in [0.2, 0.25) is 0 Å². The van der Waals surface area contributed by atoms with Crippen molar-refractivity contribution in [1.29, 1.82) is 0 Å². The van der Waals surface area contributed by atoms with Crippen molar-refractivity contribution in [3.63, 3.8) is 0 Å². The molecule has 2 bridgehead atoms. The number of fused-ring (bicyclic) bond motifs is 5. The van der Waals surface area contributed by atoms with Gasteiger partial charge in [-0.25, -0.2) is 14.8 Å². The highest BCUT2D eigenvalue weighted by molar-refractivity contribution is 5.79. The number of aromatic nitrogens is 2. The maximum Gasteiger partial charge on any atom is 0.410 e. The molecule has 34 heavy (non-hydrogen) atoms. The van der Waals surface area contributed by atoms with Gasteiger partial charge >= 0.3 is 6.09 Å². The van der Waals surface area contributed by atoms with E-state index < -0.39 is 5.60 Å². The fraction of sp³-hybridized carbons (Fsp3) is 0.370. The molecule has 2 aromatic carbocycles. The second kappa shape index (κ2) is 8.18. The van der Waals surface area contributed by atoms with Crippen molar-refractivity contribution >= 4 is 6.09 Å². The average Bonchev–Trinajstić information content (AvgIpc) is 3.16. The Hall–Kier alpha value is -3.29. The summed E-state index contributed by atoms with van der Waals surface area (Å²) in [4.78, 5) is 23.6. The number of amides is 1. The second-order valence-corrected chi connectivity index (χ2v) is 9.52. The van der Waals surface area contributed by atoms with Crippen LogP contribution in [0.3, 0.4) is 0 Å². The number of hydrogen-bond donors (Lipinski definition) is 1. The number of benzene rings is 2. The van der Waals surface area contributed by atoms with Crippen LogP contribution in [0.2, 0.25) is 0 Å². The summed E-state index contributed by atoms with van der Waals surface area (Å²) in [6.07, 6.45) is 3.74. The van der Waals surface area contributed by atoms with E-state index in [0.717, 1.165) is 0 Å². The van der Waals surface area contributed by atoms with Gasteiger partial charge in [0.05, 0.1) is 30.9 Å². The summed E-state index contributed by atoms with van der Waals surface area (Å²) < 4.78 is 11.7. The van der Waals surface area contributed by atoms with Crippen molar-refractivity contribution < 1.29 is 19.4 Å². The third-order valence-electron chi connectivity index (χ3n) is 7.42. The van der Waals surface area contributed by atoms with Crippen LogP contribution in [0.5, 0.6) is 0 Å². The first kappa shape index (κ1) is 21.3. The van der Waals surface area contributed by atoms with E-state index in [1.165, 1.54) is 22.3 Å². The first-order valence-corrected chi connectivity index (χ1v) is 11.8. The number of rotatable bonds is 3. The number of nitrogens with zero attached hydrogens (tertiary/aromatic N) is 3. The van der Waals surface area contributed by atoms with E-state index in [4.69, 9.17) is 9.47 Å². The molecule has 3 aromatic rings. The molecule has 6 rings (SSSR count). The molecule has 1 amide bonds. The van der Waals surface area contributed by atoms with Gasteiger partial charge in [-0.05, 0) is 29.2 Å². The molecule has 2 unspecified atom stereocenters. The maximum absolute atomic E-state index is 13.3. The van der Waals surface area contributed by atoms with Crippen molar-refractivity contribution in [3.05, 3.63) is 83.4 Å². The van der Waals surface area contributed by atoms with Crippen LogP contribution < -0.4 is 0 Å². The van der Waals surface area contributed by atoms with Gasteiger partial charge < -0.3 is 14.6 Å². The van der Waals surface area contributed by atoms with Gasteiger partial charge in [0.1, 0.15) is 12.4 Å². The second-order valence-electron chi connectivity index (χ2n) is 9.52. The molecule has 2 atom stereocenters. The predicted octanol–water partition coefficient (Wildman–Crippen LogP) is 3.78. The number of carbonyl (C=O) groups excluding carboxylic acids is 1. The molecule has 1 aliphatic carbocycles. The standard InChI is InChI=1S/C27H27N3O4/c1-17-28-12-18(13-29-17)27(32)10-19-14-33-15-20(11-27)30(19)26(31)34-16-25-23-8-4-2-6-21(23)22-7-3-5-9-24(22)25/h2-9,12-13,19-20,25,32H,10-11,14-16H2,1H3. The van der Waals surface area contributed by atoms with Crippen LogP contribution in [0, 0.1) is 6.92 Å². The maximum atomic E-state index is 13.3. The zero-order valence-electron chi connectivity index (χ0n) is 19.1. The van der Waals surface area contributed by atoms with E-state index in [9.17, 15) is 9.90 Å². The lowest BCUT2D eigenvalue weighted by atomic mass is 9.78. The summed E-state index contributed by atoms with van der Waals surface area (Å²) in [6, 6.07) is 16.1. The van der Waals surface area contributed by atoms with Crippen molar-refractivity contribution in [1.82, 2.24) is 14.9 Å². The van der Waals surface area contributed by atoms with E-state index in [1.54, 1.807) is 17.3 Å². The molecule has 174 valence electrons. The van der Waals surface area contributed by atoms with Crippen LogP contribution in [0.25, 0.3) is 11.1 Å². The first-order valence-electron chi connectivity index (χ1n) is 11.8. The predicted molar refractivity (Wildman–Crippen MR) is 125 cm³/mol. The van der Waals surface area contributed by atoms with Gasteiger partial charge in [-0.2, -0.15) is 0 Å². The first-order chi connectivity index (χ1) is 16.5. The molecule has 0 radical (unpaired) electrons. The van der Waals surface area contributed by atoms with Crippen molar-refractivity contribution in [2.75, 3.05) is 19.8 Å². The Labute approximate surface area is 198 Å². The molecule has 2 aliphatic heterocycles. The summed E-state index contributed by atoms with van der Waals surface area (Å²) in [6.45, 7) is 2.83. The quantitative estimate of drug-likeness (QED) is 0.644. The molecule has 7 heteroatoms. The minimum Gasteiger partial charge on any atom is -0.448 e. The van der Waals surface area contributed by atoms with Crippen molar-refractivity contribution in [2.24, 2.45) is 0 Å². The van der Waals surface area contributed by atoms with Crippen molar-refractivity contribution in [3.8, 4) is 11.1 Å². The molecule has 3 heterocycles. The summed E-state index contributed by atoms with van der Waals surface area (Å²) in [5.74, 6) is 0.672. The lowest BCUT2D eigenvalue weighted by Crippen LogP contribution is -2.62. The fourth-order valence-electron chi connectivity index (χ4n) is 5.81. The largest absolute Gasteiger partial charge is 0.448 e. The fourth-order valence-corrected chi connectivity index (χ4v) is 5.81. The third kappa shape index (κ3) is 3.47. The molecule has 1 aromatic heterocycles. The van der Waals surface area contributed by atoms with Crippen LogP contribution in [-0.4, -0.2) is 58.0 Å². The van der Waals surface area contributed by atoms with Gasteiger partial charge in [0.15, 0.2) is 0 Å². The van der Waals surface area contributed by atoms with Crippen LogP contribution >= 0.6 is 0 Å². The molecule has 7 nitrogen and oxygen atoms in total. The minimum absolute atomic E-state index is 0.0128. The Bertz CT molecular complexity index is 1170. The minimum atomic E-state index is -1.09. The van der Waals surface area contributed by atoms with E-state index in [-0.39, 0.29) is 30.7 Å². The number of morpholine rings is 1. The average molecular weight is 458 g/mol. The Morgan fingerprint density at radius 1 is 1.03 bits per heavy atom. The Morgan fingerprint density at radius 3 is 2.18 bits per heavy atom. The Balaban J connectivity index is 1.20. The normalized spacial score (nSPS) is 25.5. The number of carbonyl (C=O) groups is 1. The highest BCUT2D eigenvalue weighted by atomic mass is 16.6. The monoisotopic (exact) mass is 457 g/mol. The highest BCUT2D eigenvalue weighted by Gasteiger charge is 2.49. The van der Waals surface area contributed by atoms with Gasteiger partial charge in [-0.1, -0.05) is 48.5 Å². The lowest BCUT2D eigenvalue weighted by molar-refractivity contribution is -0.136. The summed E-state index contributed by atoms with van der Waals surface area (Å²) in [7, 11) is 0. The zero-order chi connectivity index (χ0) is 23.3. The van der Waals surface area contributed by atoms with Crippen LogP contribution in [0.15, 0.2) is 60.9 Å². The van der Waals surface area contributed by atoms with Gasteiger partial charge in [-0.3, -0.25) is 4.90 Å². The summed E-state index contributed by atoms with van der Waals surface area (Å²) >= 11 is 0. The SMILES string of the molecule is Cc1ncc(C2(O)CC3COCC(C2)N3C(=O)OCC2c3ccccc3-c3ccccc32)cn1. The number of ether oxygens (including phenoxy) is 2. The van der Waals surface area contributed by atoms with Gasteiger partial charge in [-0.15, -0.1) is 0 Å². The number of hydrogen-bond acceptors (Lipinski definition) is 6. The van der Waals surface area contributed by atoms with E-state index >= 15 is 0 Å². The molecule has 1 N–H and O–H groups in total. The summed E-state index contributed by atoms with van der Waals surface area (Å²) in [5.41, 5.74) is 4.37. The molecular formula is C27H27N3O4. The third-order valence-corrected chi connectivity index (χ3v) is 7.42. The topological polar surface area (TPSA) is 84.8 Å².